The predicted octanol–water partition coefficient (Wildman–Crippen LogP) is 4.44. The molecular formula is C14H21ClFN. The van der Waals surface area contributed by atoms with Gasteiger partial charge in [0.25, 0.3) is 0 Å². The molecule has 0 fully saturated rings. The van der Waals surface area contributed by atoms with Crippen LogP contribution in [0.25, 0.3) is 0 Å². The van der Waals surface area contributed by atoms with Crippen LogP contribution in [0.1, 0.15) is 33.3 Å². The van der Waals surface area contributed by atoms with E-state index < -0.39 is 0 Å². The van der Waals surface area contributed by atoms with Crippen LogP contribution in [0.15, 0.2) is 18.2 Å². The van der Waals surface area contributed by atoms with Gasteiger partial charge in [0, 0.05) is 23.8 Å². The first kappa shape index (κ1) is 14.3. The largest absolute Gasteiger partial charge is 0.369 e. The maximum Gasteiger partial charge on any atom is 0.129 e. The summed E-state index contributed by atoms with van der Waals surface area (Å²) in [5.41, 5.74) is 1.52. The van der Waals surface area contributed by atoms with Gasteiger partial charge in [0.15, 0.2) is 0 Å². The van der Waals surface area contributed by atoms with Crippen molar-refractivity contribution >= 4 is 17.3 Å². The van der Waals surface area contributed by atoms with Crippen molar-refractivity contribution in [2.75, 3.05) is 11.4 Å². The van der Waals surface area contributed by atoms with Gasteiger partial charge in [0.1, 0.15) is 5.82 Å². The molecule has 0 saturated heterocycles. The topological polar surface area (TPSA) is 3.24 Å². The molecule has 1 aromatic rings. The van der Waals surface area contributed by atoms with Gasteiger partial charge >= 0.3 is 0 Å². The second-order valence-corrected chi connectivity index (χ2v) is 5.28. The maximum absolute atomic E-state index is 13.7. The SMILES string of the molecule is CC(C)CN(c1cccc(F)c1CCl)C(C)C. The van der Waals surface area contributed by atoms with Crippen molar-refractivity contribution in [2.24, 2.45) is 5.92 Å². The average molecular weight is 258 g/mol. The van der Waals surface area contributed by atoms with E-state index in [-0.39, 0.29) is 11.7 Å². The molecule has 96 valence electrons. The molecule has 0 unspecified atom stereocenters. The number of nitrogens with zero attached hydrogens (tertiary/aromatic N) is 1. The van der Waals surface area contributed by atoms with E-state index in [0.717, 1.165) is 12.2 Å². The highest BCUT2D eigenvalue weighted by molar-refractivity contribution is 6.17. The Morgan fingerprint density at radius 1 is 1.24 bits per heavy atom. The number of hydrogen-bond donors (Lipinski definition) is 0. The summed E-state index contributed by atoms with van der Waals surface area (Å²) in [6.07, 6.45) is 0. The third-order valence-corrected chi connectivity index (χ3v) is 2.99. The molecule has 0 amide bonds. The summed E-state index contributed by atoms with van der Waals surface area (Å²) >= 11 is 5.86. The summed E-state index contributed by atoms with van der Waals surface area (Å²) in [7, 11) is 0. The van der Waals surface area contributed by atoms with E-state index in [1.165, 1.54) is 6.07 Å². The van der Waals surface area contributed by atoms with Gasteiger partial charge in [-0.1, -0.05) is 19.9 Å². The molecule has 1 nitrogen and oxygen atoms in total. The Kier molecular flexibility index (Phi) is 5.26. The van der Waals surface area contributed by atoms with E-state index in [1.807, 2.05) is 6.07 Å². The molecule has 1 rings (SSSR count). The number of anilines is 1. The Hall–Kier alpha value is -0.760. The molecule has 0 aliphatic heterocycles. The lowest BCUT2D eigenvalue weighted by atomic mass is 10.1. The Morgan fingerprint density at radius 3 is 2.35 bits per heavy atom. The van der Waals surface area contributed by atoms with Gasteiger partial charge in [0.05, 0.1) is 5.88 Å². The minimum Gasteiger partial charge on any atom is -0.369 e. The smallest absolute Gasteiger partial charge is 0.129 e. The Balaban J connectivity index is 3.13. The second-order valence-electron chi connectivity index (χ2n) is 5.01. The van der Waals surface area contributed by atoms with Crippen molar-refractivity contribution in [1.82, 2.24) is 0 Å². The van der Waals surface area contributed by atoms with E-state index in [0.29, 0.717) is 17.5 Å². The monoisotopic (exact) mass is 257 g/mol. The van der Waals surface area contributed by atoms with E-state index in [4.69, 9.17) is 11.6 Å². The summed E-state index contributed by atoms with van der Waals surface area (Å²) in [4.78, 5) is 2.21. The zero-order valence-electron chi connectivity index (χ0n) is 11.0. The lowest BCUT2D eigenvalue weighted by Gasteiger charge is -2.32. The number of alkyl halides is 1. The second kappa shape index (κ2) is 6.25. The van der Waals surface area contributed by atoms with Gasteiger partial charge in [-0.25, -0.2) is 4.39 Å². The normalized spacial score (nSPS) is 11.3. The summed E-state index contributed by atoms with van der Waals surface area (Å²) in [5.74, 6) is 0.527. The van der Waals surface area contributed by atoms with Crippen LogP contribution >= 0.6 is 11.6 Å². The molecule has 17 heavy (non-hydrogen) atoms. The van der Waals surface area contributed by atoms with E-state index in [1.54, 1.807) is 6.07 Å². The van der Waals surface area contributed by atoms with Gasteiger partial charge in [-0.15, -0.1) is 11.6 Å². The van der Waals surface area contributed by atoms with Gasteiger partial charge in [-0.2, -0.15) is 0 Å². The quantitative estimate of drug-likeness (QED) is 0.705. The van der Waals surface area contributed by atoms with E-state index in [9.17, 15) is 4.39 Å². The zero-order chi connectivity index (χ0) is 13.0. The van der Waals surface area contributed by atoms with Crippen LogP contribution in [-0.2, 0) is 5.88 Å². The minimum absolute atomic E-state index is 0.212. The van der Waals surface area contributed by atoms with Crippen LogP contribution < -0.4 is 4.90 Å². The number of benzene rings is 1. The minimum atomic E-state index is -0.216. The molecule has 0 aliphatic carbocycles. The highest BCUT2D eigenvalue weighted by Crippen LogP contribution is 2.27. The van der Waals surface area contributed by atoms with Crippen molar-refractivity contribution in [2.45, 2.75) is 39.6 Å². The molecule has 0 bridgehead atoms. The molecular weight excluding hydrogens is 237 g/mol. The van der Waals surface area contributed by atoms with Crippen molar-refractivity contribution in [3.8, 4) is 0 Å². The standard InChI is InChI=1S/C14H21ClFN/c1-10(2)9-17(11(3)4)14-7-5-6-13(16)12(14)8-15/h5-7,10-11H,8-9H2,1-4H3. The van der Waals surface area contributed by atoms with Crippen LogP contribution in [0.4, 0.5) is 10.1 Å². The third-order valence-electron chi connectivity index (χ3n) is 2.72. The zero-order valence-corrected chi connectivity index (χ0v) is 11.8. The Morgan fingerprint density at radius 2 is 1.88 bits per heavy atom. The van der Waals surface area contributed by atoms with E-state index >= 15 is 0 Å². The first-order valence-corrected chi connectivity index (χ1v) is 6.60. The maximum atomic E-state index is 13.7. The van der Waals surface area contributed by atoms with Crippen molar-refractivity contribution < 1.29 is 4.39 Å². The summed E-state index contributed by atoms with van der Waals surface area (Å²) in [6, 6.07) is 5.50. The van der Waals surface area contributed by atoms with Crippen molar-refractivity contribution in [1.29, 1.82) is 0 Å². The number of halogens is 2. The first-order chi connectivity index (χ1) is 7.97. The highest BCUT2D eigenvalue weighted by Gasteiger charge is 2.17. The van der Waals surface area contributed by atoms with Crippen molar-refractivity contribution in [3.63, 3.8) is 0 Å². The summed E-state index contributed by atoms with van der Waals surface area (Å²) < 4.78 is 13.7. The molecule has 0 saturated carbocycles. The number of rotatable bonds is 5. The Labute approximate surface area is 109 Å². The summed E-state index contributed by atoms with van der Waals surface area (Å²) in [6.45, 7) is 9.46. The van der Waals surface area contributed by atoms with Crippen LogP contribution in [0.3, 0.4) is 0 Å². The lowest BCUT2D eigenvalue weighted by Crippen LogP contribution is -2.35. The number of hydrogen-bond acceptors (Lipinski definition) is 1. The van der Waals surface area contributed by atoms with Gasteiger partial charge in [-0.3, -0.25) is 0 Å². The van der Waals surface area contributed by atoms with Gasteiger partial charge in [0.2, 0.25) is 0 Å². The van der Waals surface area contributed by atoms with E-state index in [2.05, 4.69) is 32.6 Å². The van der Waals surface area contributed by atoms with Crippen LogP contribution in [0, 0.1) is 11.7 Å². The van der Waals surface area contributed by atoms with Crippen LogP contribution in [-0.4, -0.2) is 12.6 Å². The molecule has 0 radical (unpaired) electrons. The Bertz CT molecular complexity index is 363. The highest BCUT2D eigenvalue weighted by atomic mass is 35.5. The van der Waals surface area contributed by atoms with Gasteiger partial charge in [-0.05, 0) is 31.9 Å². The average Bonchev–Trinajstić information content (AvgIpc) is 2.25. The van der Waals surface area contributed by atoms with Crippen LogP contribution in [0.2, 0.25) is 0 Å². The molecule has 0 atom stereocenters. The molecule has 1 aromatic carbocycles. The fraction of sp³-hybridized carbons (Fsp3) is 0.571. The fourth-order valence-corrected chi connectivity index (χ4v) is 2.19. The molecule has 0 spiro atoms. The summed E-state index contributed by atoms with van der Waals surface area (Å²) in [5, 5.41) is 0. The molecule has 0 aliphatic rings. The fourth-order valence-electron chi connectivity index (χ4n) is 1.93. The van der Waals surface area contributed by atoms with Crippen molar-refractivity contribution in [3.05, 3.63) is 29.6 Å². The first-order valence-electron chi connectivity index (χ1n) is 6.07. The molecule has 3 heteroatoms. The van der Waals surface area contributed by atoms with Crippen LogP contribution in [0.5, 0.6) is 0 Å². The molecule has 0 N–H and O–H groups in total. The predicted molar refractivity (Wildman–Crippen MR) is 73.3 cm³/mol. The van der Waals surface area contributed by atoms with Gasteiger partial charge < -0.3 is 4.90 Å². The lowest BCUT2D eigenvalue weighted by molar-refractivity contribution is 0.564. The molecule has 0 heterocycles. The third kappa shape index (κ3) is 3.60. The molecule has 0 aromatic heterocycles.